The molecule has 0 saturated carbocycles. The molecule has 1 aliphatic rings. The van der Waals surface area contributed by atoms with Gasteiger partial charge in [-0.1, -0.05) is 47.3 Å². The maximum Gasteiger partial charge on any atom is 0.263 e. The topological polar surface area (TPSA) is 90.0 Å². The normalized spacial score (nSPS) is 12.9. The number of thiophene rings is 1. The second kappa shape index (κ2) is 8.91. The van der Waals surface area contributed by atoms with Crippen LogP contribution in [0.2, 0.25) is 0 Å². The smallest absolute Gasteiger partial charge is 0.263 e. The van der Waals surface area contributed by atoms with Crippen molar-refractivity contribution in [2.24, 2.45) is 0 Å². The van der Waals surface area contributed by atoms with Gasteiger partial charge in [-0.2, -0.15) is 0 Å². The first kappa shape index (κ1) is 21.0. The van der Waals surface area contributed by atoms with Gasteiger partial charge in [0.1, 0.15) is 10.6 Å². The van der Waals surface area contributed by atoms with Gasteiger partial charge in [0.05, 0.1) is 11.1 Å². The van der Waals surface area contributed by atoms with E-state index in [-0.39, 0.29) is 17.2 Å². The third-order valence-electron chi connectivity index (χ3n) is 5.48. The molecule has 0 unspecified atom stereocenters. The molecule has 0 atom stereocenters. The Morgan fingerprint density at radius 3 is 2.91 bits per heavy atom. The summed E-state index contributed by atoms with van der Waals surface area (Å²) in [7, 11) is 0. The Kier molecular flexibility index (Phi) is 5.84. The van der Waals surface area contributed by atoms with Crippen LogP contribution in [-0.2, 0) is 30.6 Å². The Balaban J connectivity index is 1.43. The van der Waals surface area contributed by atoms with Crippen molar-refractivity contribution in [3.8, 4) is 0 Å². The number of rotatable bonds is 7. The fourth-order valence-electron chi connectivity index (χ4n) is 3.99. The molecular formula is C23H22N4O3S2. The molecule has 0 spiro atoms. The number of aromatic nitrogens is 3. The van der Waals surface area contributed by atoms with Gasteiger partial charge in [-0.25, -0.2) is 4.98 Å². The average Bonchev–Trinajstić information content (AvgIpc) is 3.48. The van der Waals surface area contributed by atoms with E-state index in [2.05, 4.69) is 22.6 Å². The van der Waals surface area contributed by atoms with E-state index in [0.717, 1.165) is 41.5 Å². The fourth-order valence-corrected chi connectivity index (χ4v) is 6.11. The maximum absolute atomic E-state index is 13.5. The minimum atomic E-state index is -0.221. The molecule has 164 valence electrons. The number of hydrogen-bond acceptors (Lipinski definition) is 7. The predicted molar refractivity (Wildman–Crippen MR) is 127 cm³/mol. The van der Waals surface area contributed by atoms with E-state index in [1.54, 1.807) is 28.9 Å². The van der Waals surface area contributed by atoms with Gasteiger partial charge in [0, 0.05) is 17.5 Å². The molecule has 1 N–H and O–H groups in total. The molecule has 0 saturated heterocycles. The van der Waals surface area contributed by atoms with Crippen LogP contribution in [-0.4, -0.2) is 26.4 Å². The Hall–Kier alpha value is -2.91. The highest BCUT2D eigenvalue weighted by atomic mass is 32.2. The Bertz CT molecular complexity index is 1340. The molecule has 7 nitrogen and oxygen atoms in total. The first-order valence-corrected chi connectivity index (χ1v) is 12.3. The van der Waals surface area contributed by atoms with E-state index in [9.17, 15) is 9.59 Å². The summed E-state index contributed by atoms with van der Waals surface area (Å²) in [6, 6.07) is 11.7. The average molecular weight is 467 g/mol. The van der Waals surface area contributed by atoms with Crippen LogP contribution in [0.4, 0.5) is 5.82 Å². The molecule has 5 rings (SSSR count). The number of hydrogen-bond donors (Lipinski definition) is 1. The minimum Gasteiger partial charge on any atom is -0.360 e. The molecule has 9 heteroatoms. The Morgan fingerprint density at radius 1 is 1.28 bits per heavy atom. The summed E-state index contributed by atoms with van der Waals surface area (Å²) >= 11 is 2.89. The van der Waals surface area contributed by atoms with Crippen molar-refractivity contribution in [3.05, 3.63) is 68.5 Å². The number of aryl methyl sites for hydroxylation is 4. The molecule has 32 heavy (non-hydrogen) atoms. The van der Waals surface area contributed by atoms with E-state index in [0.29, 0.717) is 23.3 Å². The number of benzene rings is 1. The number of nitrogens with one attached hydrogen (secondary N) is 1. The molecule has 4 aromatic rings. The van der Waals surface area contributed by atoms with Gasteiger partial charge in [-0.05, 0) is 43.7 Å². The van der Waals surface area contributed by atoms with Crippen LogP contribution in [0.1, 0.15) is 28.2 Å². The molecule has 0 fully saturated rings. The summed E-state index contributed by atoms with van der Waals surface area (Å²) < 4.78 is 6.72. The quantitative estimate of drug-likeness (QED) is 0.324. The number of fused-ring (bicyclic) bond motifs is 3. The molecule has 0 bridgehead atoms. The van der Waals surface area contributed by atoms with Crippen molar-refractivity contribution in [3.63, 3.8) is 0 Å². The van der Waals surface area contributed by atoms with Crippen LogP contribution in [0.3, 0.4) is 0 Å². The lowest BCUT2D eigenvalue weighted by atomic mass is 10.1. The van der Waals surface area contributed by atoms with Crippen molar-refractivity contribution in [2.45, 2.75) is 44.3 Å². The van der Waals surface area contributed by atoms with Crippen molar-refractivity contribution < 1.29 is 9.32 Å². The van der Waals surface area contributed by atoms with Gasteiger partial charge >= 0.3 is 0 Å². The van der Waals surface area contributed by atoms with Gasteiger partial charge in [-0.3, -0.25) is 14.2 Å². The summed E-state index contributed by atoms with van der Waals surface area (Å²) in [5.74, 6) is 0.912. The second-order valence-corrected chi connectivity index (χ2v) is 9.81. The zero-order valence-corrected chi connectivity index (χ0v) is 19.2. The molecule has 1 aliphatic carbocycles. The Morgan fingerprint density at radius 2 is 2.12 bits per heavy atom. The summed E-state index contributed by atoms with van der Waals surface area (Å²) in [5.41, 5.74) is 2.33. The summed E-state index contributed by atoms with van der Waals surface area (Å²) in [4.78, 5) is 32.8. The van der Waals surface area contributed by atoms with Crippen LogP contribution in [0.15, 0.2) is 50.9 Å². The SMILES string of the molecule is Cc1cc(NC(=O)CSc2nc3sc4c(c3c(=O)n2CCc2ccccc2)CCC4)no1. The largest absolute Gasteiger partial charge is 0.360 e. The molecule has 1 aromatic carbocycles. The lowest BCUT2D eigenvalue weighted by molar-refractivity contribution is -0.113. The van der Waals surface area contributed by atoms with Gasteiger partial charge in [0.15, 0.2) is 11.0 Å². The monoisotopic (exact) mass is 466 g/mol. The van der Waals surface area contributed by atoms with E-state index >= 15 is 0 Å². The number of amides is 1. The second-order valence-electron chi connectivity index (χ2n) is 7.78. The molecule has 1 amide bonds. The van der Waals surface area contributed by atoms with Crippen LogP contribution >= 0.6 is 23.1 Å². The molecular weight excluding hydrogens is 444 g/mol. The first-order chi connectivity index (χ1) is 15.6. The van der Waals surface area contributed by atoms with Crippen molar-refractivity contribution in [2.75, 3.05) is 11.1 Å². The standard InChI is InChI=1S/C23H22N4O3S2/c1-14-12-18(26-30-14)24-19(28)13-31-23-25-21-20(16-8-5-9-17(16)32-21)22(29)27(23)11-10-15-6-3-2-4-7-15/h2-4,6-7,12H,5,8-11,13H2,1H3,(H,24,26,28). The van der Waals surface area contributed by atoms with Crippen LogP contribution in [0.25, 0.3) is 10.2 Å². The van der Waals surface area contributed by atoms with E-state index in [1.807, 2.05) is 18.2 Å². The van der Waals surface area contributed by atoms with E-state index < -0.39 is 0 Å². The lowest BCUT2D eigenvalue weighted by Gasteiger charge is -2.12. The van der Waals surface area contributed by atoms with E-state index in [4.69, 9.17) is 9.51 Å². The summed E-state index contributed by atoms with van der Waals surface area (Å²) in [6.45, 7) is 2.28. The molecule has 3 aromatic heterocycles. The van der Waals surface area contributed by atoms with Gasteiger partial charge < -0.3 is 9.84 Å². The van der Waals surface area contributed by atoms with Crippen LogP contribution in [0, 0.1) is 6.92 Å². The predicted octanol–water partition coefficient (Wildman–Crippen LogP) is 4.22. The highest BCUT2D eigenvalue weighted by Gasteiger charge is 2.23. The number of nitrogens with zero attached hydrogens (tertiary/aromatic N) is 3. The minimum absolute atomic E-state index is 0.000338. The third kappa shape index (κ3) is 4.22. The zero-order chi connectivity index (χ0) is 22.1. The van der Waals surface area contributed by atoms with Gasteiger partial charge in [0.25, 0.3) is 5.56 Å². The fraction of sp³-hybridized carbons (Fsp3) is 0.304. The number of thioether (sulfide) groups is 1. The van der Waals surface area contributed by atoms with Crippen molar-refractivity contribution in [1.29, 1.82) is 0 Å². The highest BCUT2D eigenvalue weighted by molar-refractivity contribution is 7.99. The van der Waals surface area contributed by atoms with Gasteiger partial charge in [-0.15, -0.1) is 11.3 Å². The number of carbonyl (C=O) groups is 1. The summed E-state index contributed by atoms with van der Waals surface area (Å²) in [6.07, 6.45) is 3.77. The van der Waals surface area contributed by atoms with Crippen molar-refractivity contribution in [1.82, 2.24) is 14.7 Å². The van der Waals surface area contributed by atoms with Crippen LogP contribution in [0.5, 0.6) is 0 Å². The first-order valence-electron chi connectivity index (χ1n) is 10.5. The van der Waals surface area contributed by atoms with Crippen molar-refractivity contribution >= 4 is 45.0 Å². The molecule has 3 heterocycles. The third-order valence-corrected chi connectivity index (χ3v) is 7.65. The lowest BCUT2D eigenvalue weighted by Crippen LogP contribution is -2.25. The summed E-state index contributed by atoms with van der Waals surface area (Å²) in [5, 5.41) is 7.85. The van der Waals surface area contributed by atoms with E-state index in [1.165, 1.54) is 22.2 Å². The van der Waals surface area contributed by atoms with Gasteiger partial charge in [0.2, 0.25) is 5.91 Å². The maximum atomic E-state index is 13.5. The zero-order valence-electron chi connectivity index (χ0n) is 17.6. The number of anilines is 1. The Labute approximate surface area is 192 Å². The molecule has 0 radical (unpaired) electrons. The van der Waals surface area contributed by atoms with Crippen LogP contribution < -0.4 is 10.9 Å². The number of carbonyl (C=O) groups excluding carboxylic acids is 1. The molecule has 0 aliphatic heterocycles. The highest BCUT2D eigenvalue weighted by Crippen LogP contribution is 2.35.